The average molecular weight is 309 g/mol. The predicted molar refractivity (Wildman–Crippen MR) is 79.6 cm³/mol. The van der Waals surface area contributed by atoms with Crippen molar-refractivity contribution in [2.45, 2.75) is 33.4 Å². The van der Waals surface area contributed by atoms with Crippen LogP contribution in [-0.4, -0.2) is 17.1 Å². The van der Waals surface area contributed by atoms with Gasteiger partial charge >= 0.3 is 0 Å². The summed E-state index contributed by atoms with van der Waals surface area (Å²) in [6.45, 7) is 5.67. The maximum absolute atomic E-state index is 12.1. The lowest BCUT2D eigenvalue weighted by Gasteiger charge is -2.09. The van der Waals surface area contributed by atoms with E-state index in [0.29, 0.717) is 22.1 Å². The summed E-state index contributed by atoms with van der Waals surface area (Å²) in [4.78, 5) is 12.1. The second-order valence-corrected chi connectivity index (χ2v) is 5.32. The lowest BCUT2D eigenvalue weighted by atomic mass is 10.2. The van der Waals surface area contributed by atoms with E-state index in [1.807, 2.05) is 26.0 Å². The first kappa shape index (κ1) is 15.4. The first-order valence-corrected chi connectivity index (χ1v) is 7.00. The molecule has 6 heteroatoms. The van der Waals surface area contributed by atoms with Crippen molar-refractivity contribution in [2.24, 2.45) is 0 Å². The molecule has 5 nitrogen and oxygen atoms in total. The summed E-state index contributed by atoms with van der Waals surface area (Å²) < 4.78 is 10.7. The van der Waals surface area contributed by atoms with Crippen LogP contribution >= 0.6 is 11.6 Å². The summed E-state index contributed by atoms with van der Waals surface area (Å²) in [6, 6.07) is 7.17. The summed E-state index contributed by atoms with van der Waals surface area (Å²) in [5.41, 5.74) is 0.862. The molecule has 112 valence electrons. The Morgan fingerprint density at radius 2 is 2.14 bits per heavy atom. The van der Waals surface area contributed by atoms with E-state index in [9.17, 15) is 4.79 Å². The highest BCUT2D eigenvalue weighted by atomic mass is 35.5. The zero-order valence-corrected chi connectivity index (χ0v) is 12.9. The summed E-state index contributed by atoms with van der Waals surface area (Å²) in [6.07, 6.45) is 0. The van der Waals surface area contributed by atoms with Gasteiger partial charge in [0.05, 0.1) is 10.6 Å². The molecule has 0 unspecified atom stereocenters. The van der Waals surface area contributed by atoms with Crippen LogP contribution in [0.15, 0.2) is 28.8 Å². The maximum Gasteiger partial charge on any atom is 0.274 e. The van der Waals surface area contributed by atoms with Gasteiger partial charge in [0.25, 0.3) is 5.91 Å². The number of halogens is 1. The van der Waals surface area contributed by atoms with Gasteiger partial charge < -0.3 is 14.6 Å². The summed E-state index contributed by atoms with van der Waals surface area (Å²) >= 11 is 6.03. The smallest absolute Gasteiger partial charge is 0.274 e. The third-order valence-electron chi connectivity index (χ3n) is 2.83. The molecule has 0 saturated heterocycles. The molecule has 2 aromatic rings. The Bertz CT molecular complexity index is 638. The fourth-order valence-electron chi connectivity index (χ4n) is 1.78. The van der Waals surface area contributed by atoms with E-state index in [-0.39, 0.29) is 24.2 Å². The highest BCUT2D eigenvalue weighted by Gasteiger charge is 2.21. The minimum Gasteiger partial charge on any atom is -0.487 e. The number of carbonyl (C=O) groups excluding carboxylic acids is 1. The summed E-state index contributed by atoms with van der Waals surface area (Å²) in [5, 5.41) is 7.10. The number of ether oxygens (including phenoxy) is 1. The van der Waals surface area contributed by atoms with Gasteiger partial charge in [-0.15, -0.1) is 0 Å². The zero-order chi connectivity index (χ0) is 15.4. The van der Waals surface area contributed by atoms with Crippen LogP contribution < -0.4 is 10.1 Å². The molecule has 0 aliphatic heterocycles. The summed E-state index contributed by atoms with van der Waals surface area (Å²) in [5.74, 6) is 0.825. The second kappa shape index (κ2) is 6.63. The molecule has 1 N–H and O–H groups in total. The van der Waals surface area contributed by atoms with Crippen LogP contribution in [0.5, 0.6) is 5.75 Å². The number of nitrogens with zero attached hydrogens (tertiary/aromatic N) is 1. The van der Waals surface area contributed by atoms with Gasteiger partial charge in [-0.05, 0) is 32.9 Å². The van der Waals surface area contributed by atoms with Crippen LogP contribution in [0.1, 0.15) is 35.7 Å². The Labute approximate surface area is 128 Å². The second-order valence-electron chi connectivity index (χ2n) is 4.91. The van der Waals surface area contributed by atoms with Gasteiger partial charge in [0.2, 0.25) is 0 Å². The molecular weight excluding hydrogens is 292 g/mol. The van der Waals surface area contributed by atoms with Crippen LogP contribution in [0, 0.1) is 6.92 Å². The van der Waals surface area contributed by atoms with Crippen LogP contribution in [0.3, 0.4) is 0 Å². The molecule has 0 fully saturated rings. The predicted octanol–water partition coefficient (Wildman–Crippen LogP) is 3.35. The Hall–Kier alpha value is -2.01. The molecule has 21 heavy (non-hydrogen) atoms. The first-order valence-electron chi connectivity index (χ1n) is 6.62. The van der Waals surface area contributed by atoms with E-state index < -0.39 is 0 Å². The minimum atomic E-state index is -0.278. The van der Waals surface area contributed by atoms with Gasteiger partial charge in [-0.2, -0.15) is 0 Å². The molecule has 0 aliphatic rings. The quantitative estimate of drug-likeness (QED) is 0.920. The topological polar surface area (TPSA) is 64.4 Å². The minimum absolute atomic E-state index is 0.0202. The molecule has 2 rings (SSSR count). The largest absolute Gasteiger partial charge is 0.487 e. The van der Waals surface area contributed by atoms with Crippen LogP contribution in [-0.2, 0) is 6.61 Å². The van der Waals surface area contributed by atoms with E-state index in [0.717, 1.165) is 0 Å². The van der Waals surface area contributed by atoms with E-state index in [1.54, 1.807) is 19.1 Å². The van der Waals surface area contributed by atoms with Crippen molar-refractivity contribution in [3.05, 3.63) is 46.3 Å². The number of carbonyl (C=O) groups is 1. The standard InChI is InChI=1S/C15H17ClN2O3/c1-9(2)17-15(19)14-11(10(3)21-18-14)8-20-13-7-5-4-6-12(13)16/h4-7,9H,8H2,1-3H3,(H,17,19). The van der Waals surface area contributed by atoms with Gasteiger partial charge in [0, 0.05) is 6.04 Å². The Balaban J connectivity index is 2.15. The molecule has 1 aromatic heterocycles. The number of aryl methyl sites for hydroxylation is 1. The number of hydrogen-bond donors (Lipinski definition) is 1. The number of para-hydroxylation sites is 1. The third kappa shape index (κ3) is 3.76. The van der Waals surface area contributed by atoms with Crippen LogP contribution in [0.2, 0.25) is 5.02 Å². The normalized spacial score (nSPS) is 10.7. The van der Waals surface area contributed by atoms with E-state index in [2.05, 4.69) is 10.5 Å². The number of hydrogen-bond acceptors (Lipinski definition) is 4. The highest BCUT2D eigenvalue weighted by molar-refractivity contribution is 6.32. The van der Waals surface area contributed by atoms with Crippen molar-refractivity contribution in [3.63, 3.8) is 0 Å². The number of nitrogens with one attached hydrogen (secondary N) is 1. The molecule has 1 aromatic carbocycles. The third-order valence-corrected chi connectivity index (χ3v) is 3.14. The van der Waals surface area contributed by atoms with Crippen LogP contribution in [0.4, 0.5) is 0 Å². The number of amides is 1. The van der Waals surface area contributed by atoms with Crippen molar-refractivity contribution in [2.75, 3.05) is 0 Å². The fraction of sp³-hybridized carbons (Fsp3) is 0.333. The fourth-order valence-corrected chi connectivity index (χ4v) is 1.97. The molecule has 0 radical (unpaired) electrons. The van der Waals surface area contributed by atoms with Crippen molar-refractivity contribution < 1.29 is 14.1 Å². The van der Waals surface area contributed by atoms with Crippen molar-refractivity contribution >= 4 is 17.5 Å². The molecule has 1 heterocycles. The van der Waals surface area contributed by atoms with Gasteiger partial charge in [-0.25, -0.2) is 0 Å². The van der Waals surface area contributed by atoms with Crippen molar-refractivity contribution in [1.29, 1.82) is 0 Å². The van der Waals surface area contributed by atoms with Crippen molar-refractivity contribution in [3.8, 4) is 5.75 Å². The highest BCUT2D eigenvalue weighted by Crippen LogP contribution is 2.25. The van der Waals surface area contributed by atoms with Crippen LogP contribution in [0.25, 0.3) is 0 Å². The van der Waals surface area contributed by atoms with E-state index in [4.69, 9.17) is 20.9 Å². The lowest BCUT2D eigenvalue weighted by molar-refractivity contribution is 0.0932. The molecule has 0 spiro atoms. The van der Waals surface area contributed by atoms with Crippen molar-refractivity contribution in [1.82, 2.24) is 10.5 Å². The Morgan fingerprint density at radius 3 is 2.81 bits per heavy atom. The number of rotatable bonds is 5. The zero-order valence-electron chi connectivity index (χ0n) is 12.1. The van der Waals surface area contributed by atoms with Gasteiger partial charge in [0.1, 0.15) is 18.1 Å². The number of aromatic nitrogens is 1. The van der Waals surface area contributed by atoms with Gasteiger partial charge in [-0.1, -0.05) is 28.9 Å². The number of benzene rings is 1. The molecule has 0 saturated carbocycles. The first-order chi connectivity index (χ1) is 9.99. The van der Waals surface area contributed by atoms with E-state index >= 15 is 0 Å². The average Bonchev–Trinajstić information content (AvgIpc) is 2.78. The molecule has 1 amide bonds. The lowest BCUT2D eigenvalue weighted by Crippen LogP contribution is -2.31. The maximum atomic E-state index is 12.1. The van der Waals surface area contributed by atoms with Gasteiger partial charge in [0.15, 0.2) is 5.69 Å². The summed E-state index contributed by atoms with van der Waals surface area (Å²) in [7, 11) is 0. The van der Waals surface area contributed by atoms with Gasteiger partial charge in [-0.3, -0.25) is 4.79 Å². The Kier molecular flexibility index (Phi) is 4.85. The van der Waals surface area contributed by atoms with E-state index in [1.165, 1.54) is 0 Å². The molecule has 0 atom stereocenters. The molecular formula is C15H17ClN2O3. The molecule has 0 aliphatic carbocycles. The molecule has 0 bridgehead atoms. The monoisotopic (exact) mass is 308 g/mol. The Morgan fingerprint density at radius 1 is 1.43 bits per heavy atom. The SMILES string of the molecule is Cc1onc(C(=O)NC(C)C)c1COc1ccccc1Cl.